The Labute approximate surface area is 94.0 Å². The van der Waals surface area contributed by atoms with Crippen LogP contribution in [0.1, 0.15) is 28.6 Å². The van der Waals surface area contributed by atoms with Crippen LogP contribution in [0.25, 0.3) is 0 Å². The fourth-order valence-corrected chi connectivity index (χ4v) is 1.44. The van der Waals surface area contributed by atoms with Gasteiger partial charge in [-0.3, -0.25) is 15.0 Å². The van der Waals surface area contributed by atoms with Gasteiger partial charge >= 0.3 is 0 Å². The maximum absolute atomic E-state index is 10.1. The molecular formula is C12H13N3O. The molecular weight excluding hydrogens is 202 g/mol. The minimum absolute atomic E-state index is 0.540. The van der Waals surface area contributed by atoms with Gasteiger partial charge in [0, 0.05) is 24.2 Å². The second-order valence-corrected chi connectivity index (χ2v) is 3.78. The third-order valence-corrected chi connectivity index (χ3v) is 2.29. The molecule has 0 aliphatic carbocycles. The lowest BCUT2D eigenvalue weighted by Crippen LogP contribution is -2.04. The number of hydrogen-bond donors (Lipinski definition) is 1. The first-order chi connectivity index (χ1) is 7.66. The summed E-state index contributed by atoms with van der Waals surface area (Å²) >= 11 is 0. The van der Waals surface area contributed by atoms with Crippen molar-refractivity contribution < 1.29 is 5.11 Å². The molecule has 16 heavy (non-hydrogen) atoms. The highest BCUT2D eigenvalue weighted by atomic mass is 16.3. The summed E-state index contributed by atoms with van der Waals surface area (Å²) in [6, 6.07) is 1.89. The molecule has 0 spiro atoms. The van der Waals surface area contributed by atoms with Crippen molar-refractivity contribution in [3.63, 3.8) is 0 Å². The highest BCUT2D eigenvalue weighted by Crippen LogP contribution is 2.19. The standard InChI is InChI=1S/C12H13N3O/c1-8-3-10(6-13-4-8)12(16)11-7-14-9(2)5-15-11/h3-7,12,16H,1-2H3. The molecule has 0 aromatic carbocycles. The first-order valence-corrected chi connectivity index (χ1v) is 5.05. The molecule has 0 saturated carbocycles. The van der Waals surface area contributed by atoms with E-state index in [1.54, 1.807) is 24.8 Å². The molecule has 1 unspecified atom stereocenters. The zero-order valence-electron chi connectivity index (χ0n) is 9.25. The van der Waals surface area contributed by atoms with E-state index >= 15 is 0 Å². The smallest absolute Gasteiger partial charge is 0.124 e. The maximum Gasteiger partial charge on any atom is 0.124 e. The molecule has 0 fully saturated rings. The largest absolute Gasteiger partial charge is 0.382 e. The predicted octanol–water partition coefficient (Wildman–Crippen LogP) is 1.57. The molecule has 2 heterocycles. The molecule has 0 amide bonds. The SMILES string of the molecule is Cc1cncc(C(O)c2cnc(C)cn2)c1. The minimum atomic E-state index is -0.763. The Morgan fingerprint density at radius 2 is 1.88 bits per heavy atom. The Bertz CT molecular complexity index is 482. The third kappa shape index (κ3) is 2.23. The molecule has 0 saturated heterocycles. The molecule has 82 valence electrons. The molecule has 2 rings (SSSR count). The first-order valence-electron chi connectivity index (χ1n) is 5.05. The van der Waals surface area contributed by atoms with Crippen LogP contribution in [0, 0.1) is 13.8 Å². The zero-order chi connectivity index (χ0) is 11.5. The molecule has 0 aliphatic rings. The lowest BCUT2D eigenvalue weighted by molar-refractivity contribution is 0.214. The van der Waals surface area contributed by atoms with Gasteiger partial charge in [0.15, 0.2) is 0 Å². The molecule has 0 bridgehead atoms. The van der Waals surface area contributed by atoms with E-state index in [2.05, 4.69) is 15.0 Å². The number of aliphatic hydroxyl groups is 1. The number of aryl methyl sites for hydroxylation is 2. The number of rotatable bonds is 2. The summed E-state index contributed by atoms with van der Waals surface area (Å²) in [5, 5.41) is 10.1. The quantitative estimate of drug-likeness (QED) is 0.826. The van der Waals surface area contributed by atoms with Crippen molar-refractivity contribution in [2.75, 3.05) is 0 Å². The van der Waals surface area contributed by atoms with Gasteiger partial charge in [-0.1, -0.05) is 6.07 Å². The van der Waals surface area contributed by atoms with Crippen LogP contribution in [0.2, 0.25) is 0 Å². The van der Waals surface area contributed by atoms with Crippen LogP contribution in [0.15, 0.2) is 30.9 Å². The summed E-state index contributed by atoms with van der Waals surface area (Å²) < 4.78 is 0. The lowest BCUT2D eigenvalue weighted by Gasteiger charge is -2.10. The molecule has 2 aromatic heterocycles. The van der Waals surface area contributed by atoms with Crippen LogP contribution in [-0.4, -0.2) is 20.1 Å². The van der Waals surface area contributed by atoms with E-state index in [9.17, 15) is 5.11 Å². The zero-order valence-corrected chi connectivity index (χ0v) is 9.25. The summed E-state index contributed by atoms with van der Waals surface area (Å²) in [7, 11) is 0. The predicted molar refractivity (Wildman–Crippen MR) is 59.8 cm³/mol. The molecule has 4 nitrogen and oxygen atoms in total. The first kappa shape index (κ1) is 10.7. The van der Waals surface area contributed by atoms with Crippen LogP contribution >= 0.6 is 0 Å². The molecule has 1 N–H and O–H groups in total. The summed E-state index contributed by atoms with van der Waals surface area (Å²) in [5.74, 6) is 0. The second-order valence-electron chi connectivity index (χ2n) is 3.78. The van der Waals surface area contributed by atoms with Crippen LogP contribution in [0.4, 0.5) is 0 Å². The van der Waals surface area contributed by atoms with E-state index in [0.29, 0.717) is 5.69 Å². The van der Waals surface area contributed by atoms with Crippen LogP contribution in [-0.2, 0) is 0 Å². The van der Waals surface area contributed by atoms with Crippen molar-refractivity contribution >= 4 is 0 Å². The fourth-order valence-electron chi connectivity index (χ4n) is 1.44. The van der Waals surface area contributed by atoms with E-state index < -0.39 is 6.10 Å². The Kier molecular flexibility index (Phi) is 2.92. The van der Waals surface area contributed by atoms with E-state index in [1.807, 2.05) is 19.9 Å². The van der Waals surface area contributed by atoms with Gasteiger partial charge in [0.05, 0.1) is 17.6 Å². The number of aromatic nitrogens is 3. The maximum atomic E-state index is 10.1. The lowest BCUT2D eigenvalue weighted by atomic mass is 10.1. The number of nitrogens with zero attached hydrogens (tertiary/aromatic N) is 3. The van der Waals surface area contributed by atoms with Crippen LogP contribution in [0.3, 0.4) is 0 Å². The highest BCUT2D eigenvalue weighted by Gasteiger charge is 2.12. The third-order valence-electron chi connectivity index (χ3n) is 2.29. The van der Waals surface area contributed by atoms with Gasteiger partial charge in [-0.2, -0.15) is 0 Å². The average molecular weight is 215 g/mol. The van der Waals surface area contributed by atoms with Crippen LogP contribution < -0.4 is 0 Å². The van der Waals surface area contributed by atoms with Gasteiger partial charge in [0.1, 0.15) is 6.10 Å². The van der Waals surface area contributed by atoms with Gasteiger partial charge in [0.2, 0.25) is 0 Å². The normalized spacial score (nSPS) is 12.4. The fraction of sp³-hybridized carbons (Fsp3) is 0.250. The van der Waals surface area contributed by atoms with E-state index in [4.69, 9.17) is 0 Å². The minimum Gasteiger partial charge on any atom is -0.382 e. The van der Waals surface area contributed by atoms with Crippen molar-refractivity contribution in [3.8, 4) is 0 Å². The summed E-state index contributed by atoms with van der Waals surface area (Å²) in [6.45, 7) is 3.79. The van der Waals surface area contributed by atoms with E-state index in [0.717, 1.165) is 16.8 Å². The Hall–Kier alpha value is -1.81. The van der Waals surface area contributed by atoms with E-state index in [1.165, 1.54) is 0 Å². The Morgan fingerprint density at radius 3 is 2.50 bits per heavy atom. The molecule has 0 aliphatic heterocycles. The number of pyridine rings is 1. The van der Waals surface area contributed by atoms with Gasteiger partial charge in [-0.05, 0) is 19.4 Å². The van der Waals surface area contributed by atoms with Crippen molar-refractivity contribution in [1.82, 2.24) is 15.0 Å². The monoisotopic (exact) mass is 215 g/mol. The summed E-state index contributed by atoms with van der Waals surface area (Å²) in [6.07, 6.45) is 5.85. The summed E-state index contributed by atoms with van der Waals surface area (Å²) in [4.78, 5) is 12.3. The van der Waals surface area contributed by atoms with E-state index in [-0.39, 0.29) is 0 Å². The van der Waals surface area contributed by atoms with Gasteiger partial charge in [0.25, 0.3) is 0 Å². The van der Waals surface area contributed by atoms with Crippen molar-refractivity contribution in [2.24, 2.45) is 0 Å². The second kappa shape index (κ2) is 4.37. The summed E-state index contributed by atoms with van der Waals surface area (Å²) in [5.41, 5.74) is 3.12. The Morgan fingerprint density at radius 1 is 1.06 bits per heavy atom. The number of hydrogen-bond acceptors (Lipinski definition) is 4. The molecule has 4 heteroatoms. The van der Waals surface area contributed by atoms with Crippen molar-refractivity contribution in [1.29, 1.82) is 0 Å². The number of aliphatic hydroxyl groups excluding tert-OH is 1. The molecule has 1 atom stereocenters. The van der Waals surface area contributed by atoms with Gasteiger partial charge in [-0.15, -0.1) is 0 Å². The highest BCUT2D eigenvalue weighted by molar-refractivity contribution is 5.24. The molecule has 2 aromatic rings. The average Bonchev–Trinajstić information content (AvgIpc) is 2.29. The Balaban J connectivity index is 2.31. The van der Waals surface area contributed by atoms with Gasteiger partial charge in [-0.25, -0.2) is 0 Å². The van der Waals surface area contributed by atoms with Gasteiger partial charge < -0.3 is 5.11 Å². The van der Waals surface area contributed by atoms with Crippen LogP contribution in [0.5, 0.6) is 0 Å². The van der Waals surface area contributed by atoms with Crippen molar-refractivity contribution in [2.45, 2.75) is 20.0 Å². The van der Waals surface area contributed by atoms with Crippen molar-refractivity contribution in [3.05, 3.63) is 53.4 Å². The molecule has 0 radical (unpaired) electrons. The topological polar surface area (TPSA) is 58.9 Å².